The number of rotatable bonds is 2. The van der Waals surface area contributed by atoms with Crippen molar-refractivity contribution in [3.63, 3.8) is 0 Å². The minimum atomic E-state index is 0.680. The molecule has 3 rings (SSSR count). The van der Waals surface area contributed by atoms with Crippen molar-refractivity contribution in [3.05, 3.63) is 64.6 Å². The van der Waals surface area contributed by atoms with Crippen LogP contribution < -0.4 is 4.68 Å². The molecule has 0 radical (unpaired) electrons. The van der Waals surface area contributed by atoms with Gasteiger partial charge >= 0.3 is 0 Å². The highest BCUT2D eigenvalue weighted by Crippen LogP contribution is 2.32. The van der Waals surface area contributed by atoms with E-state index >= 15 is 0 Å². The zero-order chi connectivity index (χ0) is 15.0. The predicted octanol–water partition coefficient (Wildman–Crippen LogP) is 4.49. The third kappa shape index (κ3) is 2.57. The van der Waals surface area contributed by atoms with E-state index in [0.717, 1.165) is 17.0 Å². The summed E-state index contributed by atoms with van der Waals surface area (Å²) in [7, 11) is 4.04. The van der Waals surface area contributed by atoms with Crippen molar-refractivity contribution in [2.24, 2.45) is 14.1 Å². The Balaban J connectivity index is 2.20. The highest BCUT2D eigenvalue weighted by atomic mass is 35.5. The Hall–Kier alpha value is -1.77. The van der Waals surface area contributed by atoms with Crippen LogP contribution >= 0.6 is 23.2 Å². The van der Waals surface area contributed by atoms with Crippen LogP contribution in [0.15, 0.2) is 54.6 Å². The molecule has 106 valence electrons. The summed E-state index contributed by atoms with van der Waals surface area (Å²) in [5.74, 6) is 0. The molecule has 0 spiro atoms. The van der Waals surface area contributed by atoms with Crippen LogP contribution in [0.3, 0.4) is 0 Å². The smallest absolute Gasteiger partial charge is 0.156 e. The molecule has 4 heteroatoms. The van der Waals surface area contributed by atoms with Crippen LogP contribution in [0.2, 0.25) is 10.0 Å². The molecule has 0 N–H and O–H groups in total. The van der Waals surface area contributed by atoms with Crippen LogP contribution in [0.1, 0.15) is 0 Å². The summed E-state index contributed by atoms with van der Waals surface area (Å²) in [6.45, 7) is 0. The lowest BCUT2D eigenvalue weighted by Gasteiger charge is -2.03. The topological polar surface area (TPSA) is 8.81 Å². The van der Waals surface area contributed by atoms with Crippen molar-refractivity contribution in [1.29, 1.82) is 0 Å². The van der Waals surface area contributed by atoms with E-state index in [-0.39, 0.29) is 0 Å². The van der Waals surface area contributed by atoms with Gasteiger partial charge in [-0.25, -0.2) is 0 Å². The predicted molar refractivity (Wildman–Crippen MR) is 87.5 cm³/mol. The van der Waals surface area contributed by atoms with Crippen molar-refractivity contribution < 1.29 is 4.68 Å². The lowest BCUT2D eigenvalue weighted by Crippen LogP contribution is -2.39. The second-order valence-corrected chi connectivity index (χ2v) is 5.80. The molecular weight excluding hydrogens is 303 g/mol. The van der Waals surface area contributed by atoms with E-state index in [1.165, 1.54) is 5.56 Å². The summed E-state index contributed by atoms with van der Waals surface area (Å²) >= 11 is 12.4. The standard InChI is InChI=1S/C17H15Cl2N2/c1-20-16(12-6-4-3-5-7-12)11-17(21(20)2)14-10-13(18)8-9-15(14)19/h3-11H,1-2H3/q+1. The van der Waals surface area contributed by atoms with Gasteiger partial charge in [0, 0.05) is 22.2 Å². The minimum Gasteiger partial charge on any atom is -0.156 e. The Bertz CT molecular complexity index is 792. The number of halogens is 2. The Labute approximate surface area is 134 Å². The lowest BCUT2D eigenvalue weighted by molar-refractivity contribution is -0.740. The van der Waals surface area contributed by atoms with Gasteiger partial charge < -0.3 is 0 Å². The molecule has 3 aromatic rings. The first-order chi connectivity index (χ1) is 10.1. The Kier molecular flexibility index (Phi) is 3.75. The molecule has 2 aromatic carbocycles. The normalized spacial score (nSPS) is 10.9. The van der Waals surface area contributed by atoms with Gasteiger partial charge in [0.05, 0.1) is 12.1 Å². The summed E-state index contributed by atoms with van der Waals surface area (Å²) in [5, 5.41) is 1.37. The van der Waals surface area contributed by atoms with Crippen LogP contribution in [0.25, 0.3) is 22.5 Å². The second-order valence-electron chi connectivity index (χ2n) is 4.95. The molecule has 0 aliphatic carbocycles. The van der Waals surface area contributed by atoms with Crippen LogP contribution in [-0.2, 0) is 14.1 Å². The third-order valence-corrected chi connectivity index (χ3v) is 4.26. The number of aromatic nitrogens is 2. The van der Waals surface area contributed by atoms with E-state index in [4.69, 9.17) is 23.2 Å². The first-order valence-electron chi connectivity index (χ1n) is 6.65. The monoisotopic (exact) mass is 317 g/mol. The fraction of sp³-hybridized carbons (Fsp3) is 0.118. The van der Waals surface area contributed by atoms with Crippen molar-refractivity contribution >= 4 is 23.2 Å². The van der Waals surface area contributed by atoms with Crippen LogP contribution in [0, 0.1) is 0 Å². The summed E-state index contributed by atoms with van der Waals surface area (Å²) in [4.78, 5) is 0. The Morgan fingerprint density at radius 2 is 1.67 bits per heavy atom. The maximum absolute atomic E-state index is 6.33. The number of benzene rings is 2. The van der Waals surface area contributed by atoms with E-state index in [9.17, 15) is 0 Å². The molecule has 0 fully saturated rings. The molecule has 0 bridgehead atoms. The van der Waals surface area contributed by atoms with Crippen molar-refractivity contribution in [3.8, 4) is 22.5 Å². The van der Waals surface area contributed by atoms with E-state index in [1.54, 1.807) is 6.07 Å². The summed E-state index contributed by atoms with van der Waals surface area (Å²) in [6, 6.07) is 17.9. The van der Waals surface area contributed by atoms with Gasteiger partial charge in [0.1, 0.15) is 5.69 Å². The van der Waals surface area contributed by atoms with Gasteiger partial charge in [0.25, 0.3) is 0 Å². The molecule has 0 aliphatic heterocycles. The number of hydrogen-bond donors (Lipinski definition) is 0. The van der Waals surface area contributed by atoms with Crippen molar-refractivity contribution in [1.82, 2.24) is 4.68 Å². The molecular formula is C17H15Cl2N2+. The Morgan fingerprint density at radius 3 is 2.38 bits per heavy atom. The van der Waals surface area contributed by atoms with Gasteiger partial charge in [0.15, 0.2) is 7.05 Å². The second kappa shape index (κ2) is 5.55. The zero-order valence-corrected chi connectivity index (χ0v) is 13.4. The highest BCUT2D eigenvalue weighted by Gasteiger charge is 2.21. The molecule has 0 unspecified atom stereocenters. The summed E-state index contributed by atoms with van der Waals surface area (Å²) < 4.78 is 4.17. The quantitative estimate of drug-likeness (QED) is 0.616. The minimum absolute atomic E-state index is 0.680. The zero-order valence-electron chi connectivity index (χ0n) is 11.8. The summed E-state index contributed by atoms with van der Waals surface area (Å²) in [5.41, 5.74) is 4.26. The van der Waals surface area contributed by atoms with Gasteiger partial charge in [-0.15, -0.1) is 4.68 Å². The molecule has 0 amide bonds. The fourth-order valence-electron chi connectivity index (χ4n) is 2.46. The molecule has 1 aromatic heterocycles. The maximum Gasteiger partial charge on any atom is 0.238 e. The van der Waals surface area contributed by atoms with Gasteiger partial charge in [-0.05, 0) is 30.3 Å². The fourth-order valence-corrected chi connectivity index (χ4v) is 2.85. The van der Waals surface area contributed by atoms with E-state index in [2.05, 4.69) is 27.6 Å². The lowest BCUT2D eigenvalue weighted by atomic mass is 10.1. The van der Waals surface area contributed by atoms with Gasteiger partial charge in [-0.1, -0.05) is 41.4 Å². The first-order valence-corrected chi connectivity index (χ1v) is 7.40. The van der Waals surface area contributed by atoms with Gasteiger partial charge in [0.2, 0.25) is 5.69 Å². The van der Waals surface area contributed by atoms with Crippen molar-refractivity contribution in [2.45, 2.75) is 0 Å². The SMILES string of the molecule is Cn1c(-c2cc(Cl)ccc2Cl)cc(-c2ccccc2)[n+]1C. The molecule has 0 atom stereocenters. The van der Waals surface area contributed by atoms with E-state index < -0.39 is 0 Å². The van der Waals surface area contributed by atoms with Gasteiger partial charge in [-0.2, -0.15) is 4.68 Å². The molecule has 21 heavy (non-hydrogen) atoms. The van der Waals surface area contributed by atoms with E-state index in [1.807, 2.05) is 44.4 Å². The first kappa shape index (κ1) is 14.2. The van der Waals surface area contributed by atoms with Crippen LogP contribution in [0.5, 0.6) is 0 Å². The average Bonchev–Trinajstić information content (AvgIpc) is 2.79. The average molecular weight is 318 g/mol. The third-order valence-electron chi connectivity index (χ3n) is 3.69. The van der Waals surface area contributed by atoms with Crippen LogP contribution in [-0.4, -0.2) is 4.68 Å². The van der Waals surface area contributed by atoms with Crippen LogP contribution in [0.4, 0.5) is 0 Å². The molecule has 0 saturated heterocycles. The summed E-state index contributed by atoms with van der Waals surface area (Å²) in [6.07, 6.45) is 0. The molecule has 1 heterocycles. The van der Waals surface area contributed by atoms with Gasteiger partial charge in [-0.3, -0.25) is 0 Å². The molecule has 0 aliphatic rings. The highest BCUT2D eigenvalue weighted by molar-refractivity contribution is 6.35. The van der Waals surface area contributed by atoms with E-state index in [0.29, 0.717) is 10.0 Å². The number of nitrogens with zero attached hydrogens (tertiary/aromatic N) is 2. The number of hydrogen-bond acceptors (Lipinski definition) is 0. The maximum atomic E-state index is 6.33. The van der Waals surface area contributed by atoms with Crippen molar-refractivity contribution in [2.75, 3.05) is 0 Å². The Morgan fingerprint density at radius 1 is 0.952 bits per heavy atom. The molecule has 0 saturated carbocycles. The largest absolute Gasteiger partial charge is 0.238 e. The molecule has 2 nitrogen and oxygen atoms in total.